The summed E-state index contributed by atoms with van der Waals surface area (Å²) in [6, 6.07) is 9.66. The third-order valence-corrected chi connectivity index (χ3v) is 7.36. The Hall–Kier alpha value is -1.92. The number of nitrogens with zero attached hydrogens (tertiary/aromatic N) is 1. The van der Waals surface area contributed by atoms with Crippen LogP contribution < -0.4 is 0 Å². The maximum atomic E-state index is 13.2. The Labute approximate surface area is 238 Å². The third kappa shape index (κ3) is 12.9. The van der Waals surface area contributed by atoms with Crippen molar-refractivity contribution in [1.29, 1.82) is 0 Å². The van der Waals surface area contributed by atoms with Crippen LogP contribution in [0.1, 0.15) is 131 Å². The van der Waals surface area contributed by atoms with Crippen molar-refractivity contribution in [2.45, 2.75) is 155 Å². The zero-order valence-electron chi connectivity index (χ0n) is 25.6. The van der Waals surface area contributed by atoms with Crippen LogP contribution in [0, 0.1) is 0 Å². The molecule has 1 saturated heterocycles. The summed E-state index contributed by atoms with van der Waals surface area (Å²) >= 11 is 0. The Morgan fingerprint density at radius 1 is 0.949 bits per heavy atom. The van der Waals surface area contributed by atoms with Gasteiger partial charge in [0.2, 0.25) is 0 Å². The number of ether oxygens (including phenoxy) is 3. The van der Waals surface area contributed by atoms with E-state index in [0.29, 0.717) is 32.5 Å². The Balaban J connectivity index is 1.89. The van der Waals surface area contributed by atoms with Crippen LogP contribution in [-0.4, -0.2) is 46.9 Å². The number of amides is 1. The maximum Gasteiger partial charge on any atom is 0.412 e. The first-order valence-electron chi connectivity index (χ1n) is 15.4. The van der Waals surface area contributed by atoms with Crippen molar-refractivity contribution in [2.75, 3.05) is 6.61 Å². The van der Waals surface area contributed by atoms with Crippen LogP contribution in [0.25, 0.3) is 0 Å². The van der Waals surface area contributed by atoms with Crippen molar-refractivity contribution in [3.8, 4) is 0 Å². The number of hydrogen-bond donors (Lipinski definition) is 0. The van der Waals surface area contributed by atoms with Crippen molar-refractivity contribution >= 4 is 11.9 Å². The fourth-order valence-electron chi connectivity index (χ4n) is 5.17. The molecule has 6 nitrogen and oxygen atoms in total. The fraction of sp³-hybridized carbons (Fsp3) is 0.758. The average Bonchev–Trinajstić information content (AvgIpc) is 3.19. The Morgan fingerprint density at radius 3 is 2.13 bits per heavy atom. The molecule has 0 bridgehead atoms. The molecule has 0 aromatic heterocycles. The number of ketones is 1. The van der Waals surface area contributed by atoms with Gasteiger partial charge in [0.05, 0.1) is 25.4 Å². The van der Waals surface area contributed by atoms with Crippen LogP contribution >= 0.6 is 0 Å². The summed E-state index contributed by atoms with van der Waals surface area (Å²) in [5.41, 5.74) is -0.381. The number of unbranched alkanes of at least 4 members (excludes halogenated alkanes) is 9. The SMILES string of the molecule is CCCCCCCCCCCCC(=O)CC[C@@H](OCc1ccccc1)[C@@H]1COC(C)(C)N1C(=O)OC(C)(C)C. The number of hydrogen-bond acceptors (Lipinski definition) is 5. The second kappa shape index (κ2) is 17.0. The van der Waals surface area contributed by atoms with Crippen molar-refractivity contribution in [3.05, 3.63) is 35.9 Å². The van der Waals surface area contributed by atoms with Gasteiger partial charge in [-0.2, -0.15) is 0 Å². The van der Waals surface area contributed by atoms with E-state index in [1.807, 2.05) is 65.0 Å². The van der Waals surface area contributed by atoms with Crippen molar-refractivity contribution in [1.82, 2.24) is 4.90 Å². The zero-order valence-corrected chi connectivity index (χ0v) is 25.6. The van der Waals surface area contributed by atoms with Crippen LogP contribution in [0.15, 0.2) is 30.3 Å². The summed E-state index contributed by atoms with van der Waals surface area (Å²) in [6.45, 7) is 12.3. The van der Waals surface area contributed by atoms with Gasteiger partial charge in [0.1, 0.15) is 17.1 Å². The Kier molecular flexibility index (Phi) is 14.5. The second-order valence-electron chi connectivity index (χ2n) is 12.5. The minimum absolute atomic E-state index is 0.268. The van der Waals surface area contributed by atoms with E-state index in [2.05, 4.69) is 6.92 Å². The van der Waals surface area contributed by atoms with E-state index >= 15 is 0 Å². The van der Waals surface area contributed by atoms with E-state index in [1.54, 1.807) is 4.90 Å². The number of benzene rings is 1. The molecule has 6 heteroatoms. The predicted octanol–water partition coefficient (Wildman–Crippen LogP) is 8.60. The van der Waals surface area contributed by atoms with Crippen LogP contribution in [0.5, 0.6) is 0 Å². The van der Waals surface area contributed by atoms with E-state index < -0.39 is 17.4 Å². The summed E-state index contributed by atoms with van der Waals surface area (Å²) in [7, 11) is 0. The van der Waals surface area contributed by atoms with E-state index in [4.69, 9.17) is 14.2 Å². The Bertz CT molecular complexity index is 832. The lowest BCUT2D eigenvalue weighted by Gasteiger charge is -2.37. The molecule has 2 atom stereocenters. The molecule has 0 unspecified atom stereocenters. The van der Waals surface area contributed by atoms with Gasteiger partial charge in [-0.15, -0.1) is 0 Å². The molecule has 39 heavy (non-hydrogen) atoms. The molecule has 1 amide bonds. The highest BCUT2D eigenvalue weighted by Gasteiger charge is 2.49. The monoisotopic (exact) mass is 545 g/mol. The molecule has 0 saturated carbocycles. The number of Topliss-reactive ketones (excluding diaryl/α,β-unsaturated/α-hetero) is 1. The van der Waals surface area contributed by atoms with Crippen molar-refractivity contribution < 1.29 is 23.8 Å². The topological polar surface area (TPSA) is 65.1 Å². The molecular formula is C33H55NO5. The van der Waals surface area contributed by atoms with E-state index in [9.17, 15) is 9.59 Å². The molecule has 0 aliphatic carbocycles. The highest BCUT2D eigenvalue weighted by atomic mass is 16.6. The molecular weight excluding hydrogens is 490 g/mol. The van der Waals surface area contributed by atoms with Crippen molar-refractivity contribution in [3.63, 3.8) is 0 Å². The lowest BCUT2D eigenvalue weighted by atomic mass is 10.00. The van der Waals surface area contributed by atoms with Gasteiger partial charge in [0, 0.05) is 12.8 Å². The minimum atomic E-state index is -0.818. The Morgan fingerprint density at radius 2 is 1.54 bits per heavy atom. The lowest BCUT2D eigenvalue weighted by molar-refractivity contribution is -0.120. The minimum Gasteiger partial charge on any atom is -0.444 e. The van der Waals surface area contributed by atoms with Crippen molar-refractivity contribution in [2.24, 2.45) is 0 Å². The standard InChI is InChI=1S/C33H55NO5/c1-7-8-9-10-11-12-13-14-15-19-22-28(35)23-24-30(37-25-27-20-17-16-18-21-27)29-26-38-33(5,6)34(29)31(36)39-32(2,3)4/h16-18,20-21,29-30H,7-15,19,22-26H2,1-6H3/t29-,30+/m0/s1. The molecule has 0 N–H and O–H groups in total. The number of carbonyl (C=O) groups is 2. The molecule has 222 valence electrons. The zero-order chi connectivity index (χ0) is 28.7. The largest absolute Gasteiger partial charge is 0.444 e. The smallest absolute Gasteiger partial charge is 0.412 e. The van der Waals surface area contributed by atoms with Gasteiger partial charge in [-0.05, 0) is 53.0 Å². The van der Waals surface area contributed by atoms with Crippen LogP contribution in [0.4, 0.5) is 4.79 Å². The van der Waals surface area contributed by atoms with Gasteiger partial charge in [0.15, 0.2) is 0 Å². The quantitative estimate of drug-likeness (QED) is 0.173. The normalized spacial score (nSPS) is 17.8. The highest BCUT2D eigenvalue weighted by Crippen LogP contribution is 2.33. The van der Waals surface area contributed by atoms with Gasteiger partial charge >= 0.3 is 6.09 Å². The second-order valence-corrected chi connectivity index (χ2v) is 12.5. The predicted molar refractivity (Wildman–Crippen MR) is 158 cm³/mol. The van der Waals surface area contributed by atoms with Crippen LogP contribution in [0.2, 0.25) is 0 Å². The average molecular weight is 546 g/mol. The first-order valence-corrected chi connectivity index (χ1v) is 15.4. The molecule has 0 radical (unpaired) electrons. The number of rotatable bonds is 18. The molecule has 1 fully saturated rings. The summed E-state index contributed by atoms with van der Waals surface area (Å²) in [5.74, 6) is 0.268. The maximum absolute atomic E-state index is 13.2. The van der Waals surface area contributed by atoms with Gasteiger partial charge in [-0.25, -0.2) is 4.79 Å². The number of carbonyl (C=O) groups excluding carboxylic acids is 2. The van der Waals surface area contributed by atoms with Crippen LogP contribution in [-0.2, 0) is 25.6 Å². The molecule has 1 heterocycles. The van der Waals surface area contributed by atoms with Gasteiger partial charge in [-0.1, -0.05) is 95.0 Å². The van der Waals surface area contributed by atoms with E-state index in [0.717, 1.165) is 18.4 Å². The first-order chi connectivity index (χ1) is 18.5. The molecule has 1 aromatic rings. The third-order valence-electron chi connectivity index (χ3n) is 7.36. The summed E-state index contributed by atoms with van der Waals surface area (Å²) in [6.07, 6.45) is 13.4. The first kappa shape index (κ1) is 33.3. The molecule has 0 spiro atoms. The van der Waals surface area contributed by atoms with E-state index in [1.165, 1.54) is 51.4 Å². The lowest BCUT2D eigenvalue weighted by Crippen LogP contribution is -2.53. The van der Waals surface area contributed by atoms with E-state index in [-0.39, 0.29) is 17.9 Å². The molecule has 1 aliphatic rings. The molecule has 1 aromatic carbocycles. The fourth-order valence-corrected chi connectivity index (χ4v) is 5.17. The highest BCUT2D eigenvalue weighted by molar-refractivity contribution is 5.78. The van der Waals surface area contributed by atoms with Gasteiger partial charge in [0.25, 0.3) is 0 Å². The summed E-state index contributed by atoms with van der Waals surface area (Å²) in [4.78, 5) is 27.7. The van der Waals surface area contributed by atoms with Gasteiger partial charge < -0.3 is 14.2 Å². The summed E-state index contributed by atoms with van der Waals surface area (Å²) < 4.78 is 18.2. The van der Waals surface area contributed by atoms with Gasteiger partial charge in [-0.3, -0.25) is 9.69 Å². The molecule has 1 aliphatic heterocycles. The molecule has 2 rings (SSSR count). The van der Waals surface area contributed by atoms with Crippen LogP contribution in [0.3, 0.4) is 0 Å². The summed E-state index contributed by atoms with van der Waals surface area (Å²) in [5, 5.41) is 0.